The van der Waals surface area contributed by atoms with Gasteiger partial charge in [-0.2, -0.15) is 0 Å². The minimum atomic E-state index is -0.423. The topological polar surface area (TPSA) is 55.4 Å². The van der Waals surface area contributed by atoms with Crippen molar-refractivity contribution in [1.29, 1.82) is 0 Å². The maximum Gasteiger partial charge on any atom is 0.341 e. The van der Waals surface area contributed by atoms with Crippen molar-refractivity contribution in [3.8, 4) is 0 Å². The van der Waals surface area contributed by atoms with Gasteiger partial charge in [-0.15, -0.1) is 23.1 Å². The Morgan fingerprint density at radius 2 is 1.96 bits per heavy atom. The molecule has 3 rings (SSSR count). The van der Waals surface area contributed by atoms with Crippen LogP contribution < -0.4 is 5.32 Å². The minimum absolute atomic E-state index is 0.243. The van der Waals surface area contributed by atoms with Gasteiger partial charge in [0.25, 0.3) is 5.91 Å². The van der Waals surface area contributed by atoms with Crippen molar-refractivity contribution in [2.45, 2.75) is 11.8 Å². The molecule has 0 radical (unpaired) electrons. The first kappa shape index (κ1) is 17.5. The van der Waals surface area contributed by atoms with Crippen molar-refractivity contribution >= 4 is 50.1 Å². The third kappa shape index (κ3) is 3.70. The fourth-order valence-corrected chi connectivity index (χ4v) is 4.02. The van der Waals surface area contributed by atoms with E-state index in [4.69, 9.17) is 4.74 Å². The highest BCUT2D eigenvalue weighted by atomic mass is 32.2. The lowest BCUT2D eigenvalue weighted by molar-refractivity contribution is 0.0530. The molecule has 1 heterocycles. The van der Waals surface area contributed by atoms with Crippen LogP contribution in [0.15, 0.2) is 53.4 Å². The molecule has 6 heteroatoms. The average molecular weight is 371 g/mol. The number of amides is 1. The monoisotopic (exact) mass is 371 g/mol. The molecule has 128 valence electrons. The summed E-state index contributed by atoms with van der Waals surface area (Å²) in [6.07, 6.45) is 1.96. The zero-order chi connectivity index (χ0) is 17.8. The Bertz CT molecular complexity index is 933. The number of ether oxygens (including phenoxy) is 1. The lowest BCUT2D eigenvalue weighted by Gasteiger charge is -2.07. The Morgan fingerprint density at radius 1 is 1.16 bits per heavy atom. The van der Waals surface area contributed by atoms with Gasteiger partial charge >= 0.3 is 5.97 Å². The number of rotatable bonds is 5. The maximum atomic E-state index is 12.6. The van der Waals surface area contributed by atoms with Gasteiger partial charge in [0, 0.05) is 20.5 Å². The first-order valence-electron chi connectivity index (χ1n) is 7.78. The fraction of sp³-hybridized carbons (Fsp3) is 0.158. The summed E-state index contributed by atoms with van der Waals surface area (Å²) >= 11 is 2.95. The van der Waals surface area contributed by atoms with Gasteiger partial charge in [-0.3, -0.25) is 4.79 Å². The van der Waals surface area contributed by atoms with Crippen LogP contribution in [-0.2, 0) is 4.74 Å². The standard InChI is InChI=1S/C19H17NO3S2/c1-3-23-19(22)16-14-9-4-5-10-15(14)25-18(16)20-17(21)12-7-6-8-13(11-12)24-2/h4-11H,3H2,1-2H3,(H,20,21). The molecule has 0 aliphatic carbocycles. The maximum absolute atomic E-state index is 12.6. The molecule has 0 saturated heterocycles. The zero-order valence-electron chi connectivity index (χ0n) is 13.9. The molecule has 0 bridgehead atoms. The second kappa shape index (κ2) is 7.72. The number of carbonyl (C=O) groups is 2. The van der Waals surface area contributed by atoms with E-state index >= 15 is 0 Å². The van der Waals surface area contributed by atoms with Crippen LogP contribution in [-0.4, -0.2) is 24.7 Å². The predicted molar refractivity (Wildman–Crippen MR) is 104 cm³/mol. The van der Waals surface area contributed by atoms with Crippen LogP contribution in [0.1, 0.15) is 27.6 Å². The van der Waals surface area contributed by atoms with E-state index in [0.29, 0.717) is 16.1 Å². The molecule has 0 aliphatic rings. The van der Waals surface area contributed by atoms with Crippen molar-refractivity contribution in [3.63, 3.8) is 0 Å². The Balaban J connectivity index is 1.98. The first-order chi connectivity index (χ1) is 12.1. The summed E-state index contributed by atoms with van der Waals surface area (Å²) in [6.45, 7) is 2.05. The number of nitrogens with one attached hydrogen (secondary N) is 1. The van der Waals surface area contributed by atoms with Gasteiger partial charge in [0.1, 0.15) is 10.6 Å². The largest absolute Gasteiger partial charge is 0.462 e. The van der Waals surface area contributed by atoms with E-state index in [1.54, 1.807) is 24.8 Å². The average Bonchev–Trinajstić information content (AvgIpc) is 2.99. The van der Waals surface area contributed by atoms with Crippen LogP contribution in [0.25, 0.3) is 10.1 Å². The molecule has 0 unspecified atom stereocenters. The lowest BCUT2D eigenvalue weighted by atomic mass is 10.1. The molecule has 0 aliphatic heterocycles. The molecule has 0 atom stereocenters. The third-order valence-corrected chi connectivity index (χ3v) is 5.45. The Kier molecular flexibility index (Phi) is 5.40. The summed E-state index contributed by atoms with van der Waals surface area (Å²) in [4.78, 5) is 26.0. The zero-order valence-corrected chi connectivity index (χ0v) is 15.5. The summed E-state index contributed by atoms with van der Waals surface area (Å²) < 4.78 is 6.10. The molecule has 0 saturated carbocycles. The van der Waals surface area contributed by atoms with Gasteiger partial charge in [0.2, 0.25) is 0 Å². The molecule has 1 aromatic heterocycles. The second-order valence-electron chi connectivity index (χ2n) is 5.21. The highest BCUT2D eigenvalue weighted by Gasteiger charge is 2.21. The number of fused-ring (bicyclic) bond motifs is 1. The minimum Gasteiger partial charge on any atom is -0.462 e. The molecule has 3 aromatic rings. The predicted octanol–water partition coefficient (Wildman–Crippen LogP) is 5.05. The van der Waals surface area contributed by atoms with Gasteiger partial charge in [-0.25, -0.2) is 4.79 Å². The van der Waals surface area contributed by atoms with E-state index in [0.717, 1.165) is 15.0 Å². The Hall–Kier alpha value is -2.31. The van der Waals surface area contributed by atoms with Crippen molar-refractivity contribution in [2.75, 3.05) is 18.2 Å². The molecule has 4 nitrogen and oxygen atoms in total. The van der Waals surface area contributed by atoms with E-state index in [9.17, 15) is 9.59 Å². The molecule has 1 amide bonds. The van der Waals surface area contributed by atoms with Crippen LogP contribution in [0.5, 0.6) is 0 Å². The number of anilines is 1. The number of benzene rings is 2. The van der Waals surface area contributed by atoms with Crippen molar-refractivity contribution in [2.24, 2.45) is 0 Å². The van der Waals surface area contributed by atoms with Crippen molar-refractivity contribution < 1.29 is 14.3 Å². The quantitative estimate of drug-likeness (QED) is 0.503. The smallest absolute Gasteiger partial charge is 0.341 e. The molecular formula is C19H17NO3S2. The van der Waals surface area contributed by atoms with Gasteiger partial charge in [0.05, 0.1) is 6.61 Å². The van der Waals surface area contributed by atoms with E-state index in [-0.39, 0.29) is 12.5 Å². The number of carbonyl (C=O) groups excluding carboxylic acids is 2. The van der Waals surface area contributed by atoms with E-state index < -0.39 is 5.97 Å². The van der Waals surface area contributed by atoms with Gasteiger partial charge in [-0.1, -0.05) is 24.3 Å². The Morgan fingerprint density at radius 3 is 2.72 bits per heavy atom. The first-order valence-corrected chi connectivity index (χ1v) is 9.82. The summed E-state index contributed by atoms with van der Waals surface area (Å²) in [6, 6.07) is 14.9. The number of thiophene rings is 1. The van der Waals surface area contributed by atoms with E-state index in [1.165, 1.54) is 11.3 Å². The number of hydrogen-bond donors (Lipinski definition) is 1. The third-order valence-electron chi connectivity index (χ3n) is 3.63. The summed E-state index contributed by atoms with van der Waals surface area (Å²) in [5.74, 6) is -0.666. The summed E-state index contributed by atoms with van der Waals surface area (Å²) in [5, 5.41) is 4.18. The van der Waals surface area contributed by atoms with Gasteiger partial charge in [0.15, 0.2) is 0 Å². The van der Waals surface area contributed by atoms with E-state index in [1.807, 2.05) is 48.7 Å². The highest BCUT2D eigenvalue weighted by molar-refractivity contribution is 7.98. The molecule has 2 aromatic carbocycles. The van der Waals surface area contributed by atoms with Crippen molar-refractivity contribution in [1.82, 2.24) is 0 Å². The number of thioether (sulfide) groups is 1. The van der Waals surface area contributed by atoms with E-state index in [2.05, 4.69) is 5.32 Å². The molecule has 1 N–H and O–H groups in total. The molecule has 25 heavy (non-hydrogen) atoms. The van der Waals surface area contributed by atoms with Crippen LogP contribution in [0.4, 0.5) is 5.00 Å². The van der Waals surface area contributed by atoms with Crippen LogP contribution in [0, 0.1) is 0 Å². The van der Waals surface area contributed by atoms with Gasteiger partial charge < -0.3 is 10.1 Å². The van der Waals surface area contributed by atoms with Crippen LogP contribution in [0.3, 0.4) is 0 Å². The molecular weight excluding hydrogens is 354 g/mol. The van der Waals surface area contributed by atoms with Crippen LogP contribution >= 0.6 is 23.1 Å². The number of esters is 1. The normalized spacial score (nSPS) is 10.6. The fourth-order valence-electron chi connectivity index (χ4n) is 2.48. The molecule has 0 fully saturated rings. The lowest BCUT2D eigenvalue weighted by Crippen LogP contribution is -2.14. The van der Waals surface area contributed by atoms with Gasteiger partial charge in [-0.05, 0) is 37.4 Å². The van der Waals surface area contributed by atoms with Crippen LogP contribution in [0.2, 0.25) is 0 Å². The SMILES string of the molecule is CCOC(=O)c1c(NC(=O)c2cccc(SC)c2)sc2ccccc12. The second-order valence-corrected chi connectivity index (χ2v) is 7.14. The number of hydrogen-bond acceptors (Lipinski definition) is 5. The Labute approximate surface area is 154 Å². The highest BCUT2D eigenvalue weighted by Crippen LogP contribution is 2.36. The summed E-state index contributed by atoms with van der Waals surface area (Å²) in [7, 11) is 0. The molecule has 0 spiro atoms. The van der Waals surface area contributed by atoms with Crippen molar-refractivity contribution in [3.05, 3.63) is 59.7 Å². The summed E-state index contributed by atoms with van der Waals surface area (Å²) in [5.41, 5.74) is 0.968.